The molecule has 4 nitrogen and oxygen atoms in total. The van der Waals surface area contributed by atoms with Gasteiger partial charge in [0.15, 0.2) is 0 Å². The van der Waals surface area contributed by atoms with Crippen molar-refractivity contribution < 1.29 is 9.18 Å². The van der Waals surface area contributed by atoms with Crippen molar-refractivity contribution in [2.75, 3.05) is 5.32 Å². The van der Waals surface area contributed by atoms with Gasteiger partial charge in [0.25, 0.3) is 0 Å². The van der Waals surface area contributed by atoms with E-state index in [9.17, 15) is 9.18 Å². The van der Waals surface area contributed by atoms with Crippen molar-refractivity contribution in [3.63, 3.8) is 0 Å². The Morgan fingerprint density at radius 3 is 2.96 bits per heavy atom. The number of anilines is 1. The molecule has 8 heteroatoms. The minimum atomic E-state index is -0.333. The van der Waals surface area contributed by atoms with E-state index in [1.807, 2.05) is 25.1 Å². The van der Waals surface area contributed by atoms with Crippen LogP contribution in [0.4, 0.5) is 9.52 Å². The number of carbonyl (C=O) groups is 1. The number of rotatable bonds is 5. The number of thiophene rings is 1. The van der Waals surface area contributed by atoms with Crippen LogP contribution in [-0.4, -0.2) is 16.1 Å². The van der Waals surface area contributed by atoms with Crippen LogP contribution in [0.3, 0.4) is 0 Å². The maximum absolute atomic E-state index is 13.8. The number of hydrogen-bond acceptors (Lipinski definition) is 5. The molecule has 24 heavy (non-hydrogen) atoms. The number of aromatic nitrogens is 2. The Bertz CT molecular complexity index is 772. The molecule has 2 aromatic heterocycles. The fourth-order valence-electron chi connectivity index (χ4n) is 2.86. The van der Waals surface area contributed by atoms with Crippen LogP contribution in [0.1, 0.15) is 24.1 Å². The SMILES string of the molecule is C[C@@H](C(=O)Nc1nncs1)[C@@H](c1ccc(Br)s1)C1C=CC=C(F)C1. The first kappa shape index (κ1) is 17.4. The molecule has 1 aliphatic rings. The van der Waals surface area contributed by atoms with E-state index < -0.39 is 0 Å². The summed E-state index contributed by atoms with van der Waals surface area (Å²) in [6.07, 6.45) is 5.50. The second-order valence-electron chi connectivity index (χ2n) is 5.56. The Balaban J connectivity index is 1.85. The molecule has 1 N–H and O–H groups in total. The van der Waals surface area contributed by atoms with E-state index in [1.54, 1.807) is 22.9 Å². The molecule has 0 spiro atoms. The zero-order chi connectivity index (χ0) is 17.1. The zero-order valence-electron chi connectivity index (χ0n) is 12.8. The van der Waals surface area contributed by atoms with Crippen LogP contribution in [0, 0.1) is 11.8 Å². The molecule has 3 atom stereocenters. The van der Waals surface area contributed by atoms with Crippen molar-refractivity contribution >= 4 is 49.6 Å². The highest BCUT2D eigenvalue weighted by molar-refractivity contribution is 9.11. The predicted molar refractivity (Wildman–Crippen MR) is 98.9 cm³/mol. The van der Waals surface area contributed by atoms with Crippen molar-refractivity contribution in [2.45, 2.75) is 19.3 Å². The Labute approximate surface area is 155 Å². The molecule has 1 aliphatic carbocycles. The van der Waals surface area contributed by atoms with Gasteiger partial charge in [0, 0.05) is 23.1 Å². The Hall–Kier alpha value is -1.38. The Morgan fingerprint density at radius 1 is 1.50 bits per heavy atom. The number of halogens is 2. The summed E-state index contributed by atoms with van der Waals surface area (Å²) in [5, 5.41) is 10.8. The average molecular weight is 428 g/mol. The number of carbonyl (C=O) groups excluding carboxylic acids is 1. The third-order valence-corrected chi connectivity index (χ3v) is 6.32. The van der Waals surface area contributed by atoms with Crippen LogP contribution >= 0.6 is 38.6 Å². The predicted octanol–water partition coefficient (Wildman–Crippen LogP) is 5.15. The minimum Gasteiger partial charge on any atom is -0.300 e. The molecule has 0 bridgehead atoms. The van der Waals surface area contributed by atoms with Crippen LogP contribution in [0.5, 0.6) is 0 Å². The molecule has 1 unspecified atom stereocenters. The molecule has 0 aromatic carbocycles. The second-order valence-corrected chi connectivity index (χ2v) is 8.88. The summed E-state index contributed by atoms with van der Waals surface area (Å²) < 4.78 is 14.8. The molecule has 2 aromatic rings. The molecule has 126 valence electrons. The topological polar surface area (TPSA) is 54.9 Å². The highest BCUT2D eigenvalue weighted by Crippen LogP contribution is 2.42. The van der Waals surface area contributed by atoms with E-state index in [4.69, 9.17) is 0 Å². The number of nitrogens with zero attached hydrogens (tertiary/aromatic N) is 2. The second kappa shape index (κ2) is 7.67. The van der Waals surface area contributed by atoms with Gasteiger partial charge >= 0.3 is 0 Å². The summed E-state index contributed by atoms with van der Waals surface area (Å²) in [6.45, 7) is 1.87. The van der Waals surface area contributed by atoms with E-state index in [-0.39, 0.29) is 29.5 Å². The van der Waals surface area contributed by atoms with Gasteiger partial charge in [-0.3, -0.25) is 4.79 Å². The third kappa shape index (κ3) is 3.99. The van der Waals surface area contributed by atoms with Gasteiger partial charge in [0.05, 0.1) is 3.79 Å². The van der Waals surface area contributed by atoms with E-state index >= 15 is 0 Å². The van der Waals surface area contributed by atoms with Gasteiger partial charge in [0.1, 0.15) is 11.3 Å². The fourth-order valence-corrected chi connectivity index (χ4v) is 5.01. The van der Waals surface area contributed by atoms with E-state index in [0.29, 0.717) is 11.6 Å². The summed E-state index contributed by atoms with van der Waals surface area (Å²) >= 11 is 6.32. The van der Waals surface area contributed by atoms with E-state index in [2.05, 4.69) is 31.4 Å². The number of amides is 1. The Morgan fingerprint density at radius 2 is 2.33 bits per heavy atom. The van der Waals surface area contributed by atoms with Gasteiger partial charge in [0.2, 0.25) is 11.0 Å². The van der Waals surface area contributed by atoms with Crippen LogP contribution in [0.2, 0.25) is 0 Å². The summed E-state index contributed by atoms with van der Waals surface area (Å²) in [5.74, 6) is -0.787. The van der Waals surface area contributed by atoms with Crippen molar-refractivity contribution in [3.05, 3.63) is 50.4 Å². The highest BCUT2D eigenvalue weighted by Gasteiger charge is 2.34. The van der Waals surface area contributed by atoms with Gasteiger partial charge in [-0.2, -0.15) is 0 Å². The van der Waals surface area contributed by atoms with Gasteiger partial charge in [-0.05, 0) is 40.1 Å². The summed E-state index contributed by atoms with van der Waals surface area (Å²) in [7, 11) is 0. The van der Waals surface area contributed by atoms with Gasteiger partial charge in [-0.1, -0.05) is 30.4 Å². The first-order chi connectivity index (χ1) is 11.5. The first-order valence-corrected chi connectivity index (χ1v) is 9.88. The quantitative estimate of drug-likeness (QED) is 0.717. The number of nitrogens with one attached hydrogen (secondary N) is 1. The molecular weight excluding hydrogens is 413 g/mol. The molecular formula is C16H15BrFN3OS2. The van der Waals surface area contributed by atoms with Gasteiger partial charge in [-0.15, -0.1) is 21.5 Å². The third-order valence-electron chi connectivity index (χ3n) is 3.99. The highest BCUT2D eigenvalue weighted by atomic mass is 79.9. The van der Waals surface area contributed by atoms with Crippen LogP contribution in [-0.2, 0) is 4.79 Å². The summed E-state index contributed by atoms with van der Waals surface area (Å²) in [6, 6.07) is 3.96. The lowest BCUT2D eigenvalue weighted by molar-refractivity contribution is -0.120. The monoisotopic (exact) mass is 427 g/mol. The first-order valence-electron chi connectivity index (χ1n) is 7.39. The van der Waals surface area contributed by atoms with Crippen LogP contribution < -0.4 is 5.32 Å². The number of hydrogen-bond donors (Lipinski definition) is 1. The lowest BCUT2D eigenvalue weighted by atomic mass is 9.77. The lowest BCUT2D eigenvalue weighted by Gasteiger charge is -2.29. The van der Waals surface area contributed by atoms with Crippen LogP contribution in [0.15, 0.2) is 45.5 Å². The molecule has 0 aliphatic heterocycles. The molecule has 0 fully saturated rings. The summed E-state index contributed by atoms with van der Waals surface area (Å²) in [5.41, 5.74) is 1.57. The van der Waals surface area contributed by atoms with E-state index in [0.717, 1.165) is 8.66 Å². The number of allylic oxidation sites excluding steroid dienone is 4. The standard InChI is InChI=1S/C16H15BrFN3OS2/c1-9(15(22)20-16-21-19-8-23-16)14(12-5-6-13(17)24-12)10-3-2-4-11(18)7-10/h2-6,8-10,14H,7H2,1H3,(H,20,21,22)/t9-,10?,14-/m1/s1. The largest absolute Gasteiger partial charge is 0.300 e. The zero-order valence-corrected chi connectivity index (χ0v) is 16.0. The maximum Gasteiger partial charge on any atom is 0.229 e. The van der Waals surface area contributed by atoms with Crippen molar-refractivity contribution in [3.8, 4) is 0 Å². The molecule has 3 rings (SSSR count). The maximum atomic E-state index is 13.8. The molecule has 0 radical (unpaired) electrons. The molecule has 1 amide bonds. The minimum absolute atomic E-state index is 0.0595. The summed E-state index contributed by atoms with van der Waals surface area (Å²) in [4.78, 5) is 13.7. The van der Waals surface area contributed by atoms with Gasteiger partial charge in [-0.25, -0.2) is 4.39 Å². The van der Waals surface area contributed by atoms with Crippen molar-refractivity contribution in [2.24, 2.45) is 11.8 Å². The lowest BCUT2D eigenvalue weighted by Crippen LogP contribution is -2.29. The molecule has 2 heterocycles. The van der Waals surface area contributed by atoms with Crippen molar-refractivity contribution in [1.29, 1.82) is 0 Å². The molecule has 0 saturated heterocycles. The van der Waals surface area contributed by atoms with Crippen molar-refractivity contribution in [1.82, 2.24) is 10.2 Å². The van der Waals surface area contributed by atoms with Crippen LogP contribution in [0.25, 0.3) is 0 Å². The van der Waals surface area contributed by atoms with Gasteiger partial charge < -0.3 is 5.32 Å². The Kier molecular flexibility index (Phi) is 5.57. The normalized spacial score (nSPS) is 19.6. The fraction of sp³-hybridized carbons (Fsp3) is 0.312. The average Bonchev–Trinajstić information content (AvgIpc) is 3.19. The molecule has 0 saturated carbocycles. The smallest absolute Gasteiger partial charge is 0.229 e. The van der Waals surface area contributed by atoms with E-state index in [1.165, 1.54) is 17.4 Å².